The molecule has 339 valence electrons. The molecule has 2 aliphatic rings. The van der Waals surface area contributed by atoms with Gasteiger partial charge < -0.3 is 82.2 Å². The minimum atomic E-state index is -0.861. The SMILES string of the molecule is CC(C)(C)N1CC[N-]C1=O.CC(C)(C)N1CC[N-]C1O.[CH2-][Si](C)(C)C.[CH2-][Si](C)(C)C.[CH2-][Si](C)(C)C.[CH2-][Si](C)(C)C.[CH2-][Si](C)(C)C.[CH2-][Si](C)(C)C.[CH3-].[CH3-].[CH3-].[Na+].[Na+].[Ta+5].[Ta]. The van der Waals surface area contributed by atoms with Gasteiger partial charge in [-0.3, -0.25) is 9.69 Å². The van der Waals surface area contributed by atoms with Crippen LogP contribution in [-0.2, 0) is 44.8 Å². The van der Waals surface area contributed by atoms with E-state index in [1.807, 2.05) is 25.7 Å². The Balaban J connectivity index is -0.0000000355. The summed E-state index contributed by atoms with van der Waals surface area (Å²) in [5, 5.41) is 17.0. The van der Waals surface area contributed by atoms with E-state index < -0.39 is 54.8 Å². The molecule has 0 saturated carbocycles. The summed E-state index contributed by atoms with van der Waals surface area (Å²) in [5.41, 5.74) is -0.0174. The van der Waals surface area contributed by atoms with Crippen LogP contribution in [0.4, 0.5) is 4.79 Å². The number of aliphatic hydroxyl groups excluding tert-OH is 1. The van der Waals surface area contributed by atoms with Crippen molar-refractivity contribution in [1.82, 2.24) is 9.80 Å². The Hall–Kier alpha value is 3.93. The van der Waals surface area contributed by atoms with Gasteiger partial charge >= 0.3 is 81.5 Å². The molecule has 0 aromatic rings. The summed E-state index contributed by atoms with van der Waals surface area (Å²) in [5.74, 6) is 0. The first kappa shape index (κ1) is 95.3. The molecule has 1 atom stereocenters. The Morgan fingerprint density at radius 3 is 0.807 bits per heavy atom. The van der Waals surface area contributed by atoms with Crippen molar-refractivity contribution in [3.8, 4) is 0 Å². The minimum Gasteiger partial charge on any atom is -0.623 e. The molecule has 2 amide bonds. The summed E-state index contributed by atoms with van der Waals surface area (Å²) >= 11 is 0. The summed E-state index contributed by atoms with van der Waals surface area (Å²) < 4.78 is 0. The molecule has 0 bridgehead atoms. The van der Waals surface area contributed by atoms with Crippen LogP contribution in [0.15, 0.2) is 0 Å². The standard InChI is InChI=1S/C7H15N2O.C7H14N2O.6C4H11Si.3CH3.2Na.2Ta/c2*1-7(2,3)9-5-4-8-6(9)10;6*1-5(2,3)4;;;;;;;/h6,10H,4-5H2,1-3H3;4-5H2,1-3H3,(H,8,10);6*1H2,2-4H3;3*1H3;;;;/q-1;;9*-1;2*+1;;+5/p-1. The second kappa shape index (κ2) is 42.6. The van der Waals surface area contributed by atoms with Crippen LogP contribution in [0.25, 0.3) is 10.6 Å². The number of amides is 2. The fourth-order valence-electron chi connectivity index (χ4n) is 2.23. The van der Waals surface area contributed by atoms with E-state index in [0.717, 1.165) is 19.6 Å². The van der Waals surface area contributed by atoms with Gasteiger partial charge in [-0.2, -0.15) is 0 Å². The van der Waals surface area contributed by atoms with Crippen LogP contribution in [0.1, 0.15) is 41.5 Å². The van der Waals surface area contributed by atoms with E-state index in [1.54, 1.807) is 4.90 Å². The van der Waals surface area contributed by atoms with Crippen LogP contribution in [0, 0.1) is 61.6 Å². The molecule has 1 unspecified atom stereocenters. The van der Waals surface area contributed by atoms with E-state index in [4.69, 9.17) is 0 Å². The summed E-state index contributed by atoms with van der Waals surface area (Å²) in [7, 11) is -5.17. The maximum Gasteiger partial charge on any atom is 5.00 e. The minimum absolute atomic E-state index is 0. The van der Waals surface area contributed by atoms with Gasteiger partial charge in [-0.15, -0.1) is 55.0 Å². The maximum absolute atomic E-state index is 11.0. The van der Waals surface area contributed by atoms with E-state index in [1.165, 1.54) is 0 Å². The van der Waals surface area contributed by atoms with Crippen molar-refractivity contribution in [1.29, 1.82) is 0 Å². The molecule has 16 heteroatoms. The smallest absolute Gasteiger partial charge is 0.623 e. The van der Waals surface area contributed by atoms with Crippen molar-refractivity contribution in [2.75, 3.05) is 26.2 Å². The summed E-state index contributed by atoms with van der Waals surface area (Å²) in [6, 6.07) is -0.0625. The molecule has 0 spiro atoms. The molecule has 2 fully saturated rings. The van der Waals surface area contributed by atoms with Crippen LogP contribution >= 0.6 is 0 Å². The molecule has 2 rings (SSSR count). The second-order valence-corrected chi connectivity index (χ2v) is 53.2. The predicted molar refractivity (Wildman–Crippen MR) is 272 cm³/mol. The van der Waals surface area contributed by atoms with Gasteiger partial charge in [0.15, 0.2) is 6.03 Å². The zero-order valence-electron chi connectivity index (χ0n) is 44.7. The molecule has 0 aliphatic carbocycles. The van der Waals surface area contributed by atoms with Crippen molar-refractivity contribution in [3.63, 3.8) is 0 Å². The van der Waals surface area contributed by atoms with Gasteiger partial charge in [0.1, 0.15) is 0 Å². The summed E-state index contributed by atoms with van der Waals surface area (Å²) in [6.07, 6.45) is -0.569. The molecule has 0 aromatic heterocycles. The zero-order chi connectivity index (χ0) is 42.6. The zero-order valence-corrected chi connectivity index (χ0v) is 61.1. The molecular formula is C41H103N4Na2O2Si6Ta2-4. The monoisotopic (exact) mass is 1260 g/mol. The number of hydrogen-bond acceptors (Lipinski definition) is 3. The molecule has 2 saturated heterocycles. The number of carbonyl (C=O) groups excluding carboxylic acids is 1. The van der Waals surface area contributed by atoms with E-state index >= 15 is 0 Å². The fraction of sp³-hybridized carbons (Fsp3) is 0.756. The average molecular weight is 1260 g/mol. The van der Waals surface area contributed by atoms with Crippen LogP contribution in [0.5, 0.6) is 0 Å². The van der Waals surface area contributed by atoms with Crippen molar-refractivity contribution in [2.24, 2.45) is 0 Å². The number of aliphatic hydroxyl groups is 1. The molecule has 6 nitrogen and oxygen atoms in total. The van der Waals surface area contributed by atoms with E-state index in [2.05, 4.69) is 189 Å². The third-order valence-corrected chi connectivity index (χ3v) is 3.39. The van der Waals surface area contributed by atoms with Gasteiger partial charge in [0.2, 0.25) is 0 Å². The van der Waals surface area contributed by atoms with Crippen molar-refractivity contribution in [2.45, 2.75) is 177 Å². The Labute approximate surface area is 447 Å². The van der Waals surface area contributed by atoms with E-state index in [-0.39, 0.29) is 143 Å². The first-order valence-corrected chi connectivity index (χ1v) is 40.5. The average Bonchev–Trinajstić information content (AvgIpc) is 3.28. The van der Waals surface area contributed by atoms with Gasteiger partial charge in [-0.1, -0.05) is 139 Å². The molecular weight excluding hydrogens is 1160 g/mol. The summed E-state index contributed by atoms with van der Waals surface area (Å²) in [6.45, 7) is 78.7. The maximum atomic E-state index is 11.0. The molecule has 0 aromatic carbocycles. The van der Waals surface area contributed by atoms with Crippen molar-refractivity contribution in [3.05, 3.63) is 72.2 Å². The Morgan fingerprint density at radius 1 is 0.526 bits per heavy atom. The molecule has 57 heavy (non-hydrogen) atoms. The fourth-order valence-corrected chi connectivity index (χ4v) is 2.23. The molecule has 1 N–H and O–H groups in total. The van der Waals surface area contributed by atoms with E-state index in [0.29, 0.717) is 6.54 Å². The number of urea groups is 1. The first-order valence-electron chi connectivity index (χ1n) is 18.3. The third kappa shape index (κ3) is 156. The number of nitrogens with zero attached hydrogens (tertiary/aromatic N) is 4. The molecule has 2 heterocycles. The van der Waals surface area contributed by atoms with Gasteiger partial charge in [0.25, 0.3) is 0 Å². The Kier molecular flexibility index (Phi) is 71.1. The van der Waals surface area contributed by atoms with Gasteiger partial charge in [-0.25, -0.2) is 0 Å². The third-order valence-electron chi connectivity index (χ3n) is 3.39. The normalized spacial score (nSPS) is 14.9. The Bertz CT molecular complexity index is 717. The van der Waals surface area contributed by atoms with Crippen molar-refractivity contribution >= 4 is 54.5 Å². The van der Waals surface area contributed by atoms with Crippen molar-refractivity contribution < 1.29 is 114 Å². The van der Waals surface area contributed by atoms with Crippen LogP contribution in [-0.4, -0.2) is 113 Å². The number of hydrogen-bond donors (Lipinski definition) is 1. The quantitative estimate of drug-likeness (QED) is 0.199. The van der Waals surface area contributed by atoms with Gasteiger partial charge in [0.05, 0.1) is 0 Å². The largest absolute Gasteiger partial charge is 5.00 e. The molecule has 1 radical (unpaired) electrons. The molecule has 2 aliphatic heterocycles. The topological polar surface area (TPSA) is 72.0 Å². The van der Waals surface area contributed by atoms with Crippen LogP contribution < -0.4 is 59.1 Å². The van der Waals surface area contributed by atoms with Crippen LogP contribution in [0.3, 0.4) is 0 Å². The number of carbonyl (C=O) groups is 1. The van der Waals surface area contributed by atoms with Gasteiger partial charge in [-0.05, 0) is 45.9 Å². The first-order chi connectivity index (χ1) is 21.0. The second-order valence-electron chi connectivity index (χ2n) is 22.5. The van der Waals surface area contributed by atoms with Crippen LogP contribution in [0.2, 0.25) is 118 Å². The van der Waals surface area contributed by atoms with E-state index in [9.17, 15) is 9.90 Å². The Morgan fingerprint density at radius 2 is 0.737 bits per heavy atom. The summed E-state index contributed by atoms with van der Waals surface area (Å²) in [4.78, 5) is 14.7. The number of rotatable bonds is 0. The van der Waals surface area contributed by atoms with Gasteiger partial charge in [0, 0.05) is 34.3 Å². The predicted octanol–water partition coefficient (Wildman–Crippen LogP) is 7.89.